The molecule has 5 nitrogen and oxygen atoms in total. The molecule has 1 spiro atoms. The van der Waals surface area contributed by atoms with Crippen LogP contribution in [0.25, 0.3) is 0 Å². The third-order valence-electron chi connectivity index (χ3n) is 8.52. The summed E-state index contributed by atoms with van der Waals surface area (Å²) in [7, 11) is 0. The molecule has 1 unspecified atom stereocenters. The van der Waals surface area contributed by atoms with Crippen molar-refractivity contribution in [1.82, 2.24) is 0 Å². The molecule has 2 aliphatic carbocycles. The summed E-state index contributed by atoms with van der Waals surface area (Å²) in [5.41, 5.74) is 3.30. The Bertz CT molecular complexity index is 1150. The van der Waals surface area contributed by atoms with Gasteiger partial charge in [0.1, 0.15) is 11.4 Å². The minimum Gasteiger partial charge on any atom is -0.490 e. The minimum atomic E-state index is -0.563. The van der Waals surface area contributed by atoms with Gasteiger partial charge in [-0.3, -0.25) is 0 Å². The van der Waals surface area contributed by atoms with Crippen molar-refractivity contribution in [1.29, 1.82) is 0 Å². The number of fused-ring (bicyclic) bond motifs is 3. The van der Waals surface area contributed by atoms with E-state index >= 15 is 0 Å². The minimum absolute atomic E-state index is 0.0682. The number of nitrogens with zero attached hydrogens (tertiary/aromatic N) is 1. The highest BCUT2D eigenvalue weighted by atomic mass is 35.5. The van der Waals surface area contributed by atoms with Crippen molar-refractivity contribution in [3.63, 3.8) is 0 Å². The zero-order valence-electron chi connectivity index (χ0n) is 21.9. The number of rotatable bonds is 4. The van der Waals surface area contributed by atoms with Gasteiger partial charge < -0.3 is 19.5 Å². The summed E-state index contributed by atoms with van der Waals surface area (Å²) in [6, 6.07) is 11.9. The zero-order chi connectivity index (χ0) is 25.7. The molecule has 6 heteroatoms. The summed E-state index contributed by atoms with van der Waals surface area (Å²) in [5, 5.41) is 10.9. The van der Waals surface area contributed by atoms with E-state index in [-0.39, 0.29) is 23.4 Å². The van der Waals surface area contributed by atoms with Crippen LogP contribution in [-0.4, -0.2) is 43.0 Å². The van der Waals surface area contributed by atoms with Gasteiger partial charge in [0.05, 0.1) is 17.9 Å². The number of aliphatic hydroxyl groups excluding tert-OH is 1. The highest BCUT2D eigenvalue weighted by molar-refractivity contribution is 6.30. The van der Waals surface area contributed by atoms with E-state index in [9.17, 15) is 9.90 Å². The molecule has 3 atom stereocenters. The van der Waals surface area contributed by atoms with Gasteiger partial charge in [-0.05, 0) is 106 Å². The third-order valence-corrected chi connectivity index (χ3v) is 8.76. The van der Waals surface area contributed by atoms with E-state index in [1.807, 2.05) is 39.0 Å². The predicted octanol–water partition coefficient (Wildman–Crippen LogP) is 6.18. The maximum atomic E-state index is 12.9. The van der Waals surface area contributed by atoms with Crippen LogP contribution in [0.4, 0.5) is 5.69 Å². The second-order valence-corrected chi connectivity index (χ2v) is 12.8. The first-order valence-electron chi connectivity index (χ1n) is 13.2. The fourth-order valence-corrected chi connectivity index (χ4v) is 6.40. The number of ether oxygens (including phenoxy) is 2. The van der Waals surface area contributed by atoms with Gasteiger partial charge in [0.15, 0.2) is 0 Å². The Morgan fingerprint density at radius 1 is 1.22 bits per heavy atom. The SMILES string of the molecule is CC(C)(C)OC(=O)c1ccc2c(c1)N(C[C@H]1CC[C@]1(C)CO)CC1(CCCc3cc(Cl)ccc31)CO2. The van der Waals surface area contributed by atoms with Crippen molar-refractivity contribution in [3.05, 3.63) is 58.1 Å². The van der Waals surface area contributed by atoms with Crippen molar-refractivity contribution in [2.24, 2.45) is 11.3 Å². The Hall–Kier alpha value is -2.24. The Balaban J connectivity index is 1.54. The van der Waals surface area contributed by atoms with E-state index < -0.39 is 5.60 Å². The lowest BCUT2D eigenvalue weighted by atomic mass is 9.61. The second kappa shape index (κ2) is 9.25. The summed E-state index contributed by atoms with van der Waals surface area (Å²) in [5.74, 6) is 0.847. The molecule has 0 bridgehead atoms. The van der Waals surface area contributed by atoms with Gasteiger partial charge in [0, 0.05) is 30.1 Å². The standard InChI is InChI=1S/C30H38ClNO4/c1-28(2,3)36-27(34)21-7-10-26-25(15-21)32(16-22-11-13-29(22,4)18-33)17-30(19-35-26)12-5-6-20-14-23(31)8-9-24(20)30/h7-10,14-15,22,33H,5-6,11-13,16-19H2,1-4H3/t22-,29-,30?/m1/s1. The maximum absolute atomic E-state index is 12.9. The van der Waals surface area contributed by atoms with Gasteiger partial charge in [0.25, 0.3) is 0 Å². The quantitative estimate of drug-likeness (QED) is 0.497. The molecule has 5 rings (SSSR count). The van der Waals surface area contributed by atoms with Gasteiger partial charge in [-0.25, -0.2) is 4.79 Å². The third kappa shape index (κ3) is 4.72. The number of hydrogen-bond acceptors (Lipinski definition) is 5. The summed E-state index contributed by atoms with van der Waals surface area (Å²) in [4.78, 5) is 15.4. The van der Waals surface area contributed by atoms with Crippen LogP contribution in [0.5, 0.6) is 5.75 Å². The molecule has 1 N–H and O–H groups in total. The van der Waals surface area contributed by atoms with Crippen molar-refractivity contribution in [2.45, 2.75) is 70.8 Å². The van der Waals surface area contributed by atoms with Crippen molar-refractivity contribution in [3.8, 4) is 5.75 Å². The molecule has 3 aliphatic rings. The van der Waals surface area contributed by atoms with Crippen LogP contribution in [0.1, 0.15) is 74.9 Å². The average molecular weight is 512 g/mol. The van der Waals surface area contributed by atoms with Crippen LogP contribution in [0.3, 0.4) is 0 Å². The van der Waals surface area contributed by atoms with Gasteiger partial charge in [0.2, 0.25) is 0 Å². The Kier molecular flexibility index (Phi) is 6.53. The molecule has 0 amide bonds. The number of carbonyl (C=O) groups is 1. The Labute approximate surface area is 219 Å². The number of benzene rings is 2. The van der Waals surface area contributed by atoms with E-state index in [1.54, 1.807) is 6.07 Å². The van der Waals surface area contributed by atoms with Crippen molar-refractivity contribution < 1.29 is 19.4 Å². The number of anilines is 1. The highest BCUT2D eigenvalue weighted by Gasteiger charge is 2.46. The number of aryl methyl sites for hydroxylation is 1. The number of halogens is 1. The van der Waals surface area contributed by atoms with Gasteiger partial charge >= 0.3 is 5.97 Å². The summed E-state index contributed by atoms with van der Waals surface area (Å²) in [6.45, 7) is 10.2. The number of hydrogen-bond donors (Lipinski definition) is 1. The molecule has 1 heterocycles. The molecule has 194 valence electrons. The largest absolute Gasteiger partial charge is 0.490 e. The molecule has 1 aliphatic heterocycles. The van der Waals surface area contributed by atoms with Crippen LogP contribution < -0.4 is 9.64 Å². The smallest absolute Gasteiger partial charge is 0.338 e. The topological polar surface area (TPSA) is 59.0 Å². The van der Waals surface area contributed by atoms with Crippen LogP contribution in [0, 0.1) is 11.3 Å². The number of carbonyl (C=O) groups excluding carboxylic acids is 1. The Morgan fingerprint density at radius 2 is 2.03 bits per heavy atom. The van der Waals surface area contributed by atoms with Gasteiger partial charge in [-0.1, -0.05) is 24.6 Å². The monoisotopic (exact) mass is 511 g/mol. The van der Waals surface area contributed by atoms with Crippen LogP contribution in [0.2, 0.25) is 5.02 Å². The normalized spacial score (nSPS) is 27.4. The van der Waals surface area contributed by atoms with Gasteiger partial charge in [-0.2, -0.15) is 0 Å². The van der Waals surface area contributed by atoms with Crippen LogP contribution in [-0.2, 0) is 16.6 Å². The lowest BCUT2D eigenvalue weighted by molar-refractivity contribution is -0.00581. The fraction of sp³-hybridized carbons (Fsp3) is 0.567. The lowest BCUT2D eigenvalue weighted by Gasteiger charge is -2.49. The highest BCUT2D eigenvalue weighted by Crippen LogP contribution is 2.49. The maximum Gasteiger partial charge on any atom is 0.338 e. The fourth-order valence-electron chi connectivity index (χ4n) is 6.21. The van der Waals surface area contributed by atoms with Crippen molar-refractivity contribution >= 4 is 23.3 Å². The predicted molar refractivity (Wildman–Crippen MR) is 143 cm³/mol. The molecule has 36 heavy (non-hydrogen) atoms. The van der Waals surface area contributed by atoms with Crippen LogP contribution in [0.15, 0.2) is 36.4 Å². The van der Waals surface area contributed by atoms with E-state index in [0.717, 1.165) is 61.7 Å². The molecule has 0 saturated heterocycles. The number of esters is 1. The second-order valence-electron chi connectivity index (χ2n) is 12.3. The summed E-state index contributed by atoms with van der Waals surface area (Å²) in [6.07, 6.45) is 5.28. The molecule has 1 fully saturated rings. The molecular formula is C30H38ClNO4. The van der Waals surface area contributed by atoms with E-state index in [4.69, 9.17) is 21.1 Å². The summed E-state index contributed by atoms with van der Waals surface area (Å²) >= 11 is 6.36. The first-order valence-corrected chi connectivity index (χ1v) is 13.5. The number of aliphatic hydroxyl groups is 1. The van der Waals surface area contributed by atoms with E-state index in [1.165, 1.54) is 11.1 Å². The molecular weight excluding hydrogens is 474 g/mol. The average Bonchev–Trinajstić information content (AvgIpc) is 2.97. The first kappa shape index (κ1) is 25.4. The molecule has 0 aromatic heterocycles. The zero-order valence-corrected chi connectivity index (χ0v) is 22.7. The van der Waals surface area contributed by atoms with Crippen molar-refractivity contribution in [2.75, 3.05) is 31.2 Å². The lowest BCUT2D eigenvalue weighted by Crippen LogP contribution is -2.51. The van der Waals surface area contributed by atoms with Gasteiger partial charge in [-0.15, -0.1) is 0 Å². The van der Waals surface area contributed by atoms with E-state index in [2.05, 4.69) is 24.0 Å². The van der Waals surface area contributed by atoms with Crippen LogP contribution >= 0.6 is 11.6 Å². The molecule has 1 saturated carbocycles. The summed E-state index contributed by atoms with van der Waals surface area (Å²) < 4.78 is 12.2. The van der Waals surface area contributed by atoms with E-state index in [0.29, 0.717) is 18.1 Å². The molecule has 2 aromatic rings. The Morgan fingerprint density at radius 3 is 2.72 bits per heavy atom. The molecule has 0 radical (unpaired) electrons. The molecule has 2 aromatic carbocycles. The first-order chi connectivity index (χ1) is 17.0.